The Hall–Kier alpha value is -3.64. The van der Waals surface area contributed by atoms with Crippen molar-refractivity contribution in [1.29, 1.82) is 0 Å². The lowest BCUT2D eigenvalue weighted by atomic mass is 9.61. The van der Waals surface area contributed by atoms with Gasteiger partial charge in [0.1, 0.15) is 25.4 Å². The number of rotatable bonds is 14. The zero-order valence-electron chi connectivity index (χ0n) is 29.7. The van der Waals surface area contributed by atoms with Gasteiger partial charge in [0.05, 0.1) is 28.5 Å². The SMILES string of the molecule is CCC(C)(C)C(=O)OCCNC(=O)NC1(C(=O)O)CC2CCC1C2.CCC(C)(C)C(=O)OCCOC(=O)C1=C(C(=O)O)C2C3CCC(C3)C12. The van der Waals surface area contributed by atoms with Crippen LogP contribution in [0.15, 0.2) is 11.1 Å². The van der Waals surface area contributed by atoms with Gasteiger partial charge in [0.15, 0.2) is 0 Å². The van der Waals surface area contributed by atoms with Crippen molar-refractivity contribution in [3.8, 4) is 0 Å². The number of carbonyl (C=O) groups is 6. The van der Waals surface area contributed by atoms with Crippen LogP contribution in [0.3, 0.4) is 0 Å². The van der Waals surface area contributed by atoms with Crippen molar-refractivity contribution in [3.63, 3.8) is 0 Å². The van der Waals surface area contributed by atoms with E-state index in [4.69, 9.17) is 14.2 Å². The van der Waals surface area contributed by atoms with Crippen LogP contribution in [-0.2, 0) is 38.2 Å². The molecule has 0 heterocycles. The van der Waals surface area contributed by atoms with Gasteiger partial charge in [0.2, 0.25) is 0 Å². The Morgan fingerprint density at radius 1 is 0.755 bits per heavy atom. The van der Waals surface area contributed by atoms with E-state index in [9.17, 15) is 39.0 Å². The third kappa shape index (κ3) is 7.90. The molecule has 5 aliphatic rings. The minimum Gasteiger partial charge on any atom is -0.479 e. The number of carboxylic acids is 2. The van der Waals surface area contributed by atoms with Gasteiger partial charge in [-0.1, -0.05) is 13.8 Å². The van der Waals surface area contributed by atoms with Crippen LogP contribution in [0.5, 0.6) is 0 Å². The molecule has 13 nitrogen and oxygen atoms in total. The molecule has 7 unspecified atom stereocenters. The Morgan fingerprint density at radius 2 is 1.31 bits per heavy atom. The van der Waals surface area contributed by atoms with E-state index in [0.717, 1.165) is 38.5 Å². The number of fused-ring (bicyclic) bond motifs is 7. The quantitative estimate of drug-likeness (QED) is 0.114. The minimum absolute atomic E-state index is 0.00827. The number of amides is 2. The molecule has 4 N–H and O–H groups in total. The van der Waals surface area contributed by atoms with Crippen molar-refractivity contribution in [1.82, 2.24) is 10.6 Å². The number of esters is 3. The molecule has 0 aromatic heterocycles. The summed E-state index contributed by atoms with van der Waals surface area (Å²) in [5.74, 6) is -1.83. The summed E-state index contributed by atoms with van der Waals surface area (Å²) in [7, 11) is 0. The van der Waals surface area contributed by atoms with Crippen LogP contribution in [0.1, 0.15) is 99.3 Å². The number of carbonyl (C=O) groups excluding carboxylic acids is 4. The largest absolute Gasteiger partial charge is 0.479 e. The predicted molar refractivity (Wildman–Crippen MR) is 176 cm³/mol. The number of ether oxygens (including phenoxy) is 3. The molecule has 0 saturated heterocycles. The Kier molecular flexibility index (Phi) is 11.7. The number of nitrogens with one attached hydrogen (secondary N) is 2. The van der Waals surface area contributed by atoms with E-state index < -0.39 is 40.3 Å². The molecule has 13 heteroatoms. The highest BCUT2D eigenvalue weighted by atomic mass is 16.6. The fourth-order valence-electron chi connectivity index (χ4n) is 8.27. The molecule has 49 heavy (non-hydrogen) atoms. The number of urea groups is 1. The summed E-state index contributed by atoms with van der Waals surface area (Å²) in [6.45, 7) is 11.2. The van der Waals surface area contributed by atoms with E-state index in [0.29, 0.717) is 42.6 Å². The molecule has 4 bridgehead atoms. The van der Waals surface area contributed by atoms with Crippen LogP contribution < -0.4 is 10.6 Å². The fourth-order valence-corrected chi connectivity index (χ4v) is 8.27. The average Bonchev–Trinajstić information content (AvgIpc) is 3.82. The molecular formula is C36H54N2O11. The van der Waals surface area contributed by atoms with Crippen LogP contribution in [0.25, 0.3) is 0 Å². The number of hydrogen-bond donors (Lipinski definition) is 4. The molecule has 0 aromatic rings. The zero-order chi connectivity index (χ0) is 36.3. The zero-order valence-corrected chi connectivity index (χ0v) is 29.7. The van der Waals surface area contributed by atoms with Crippen LogP contribution in [0.4, 0.5) is 4.79 Å². The lowest BCUT2D eigenvalue weighted by Gasteiger charge is -2.41. The monoisotopic (exact) mass is 690 g/mol. The van der Waals surface area contributed by atoms with Crippen LogP contribution in [0, 0.1) is 46.3 Å². The number of hydrogen-bond acceptors (Lipinski definition) is 9. The van der Waals surface area contributed by atoms with Crippen molar-refractivity contribution >= 4 is 35.9 Å². The maximum Gasteiger partial charge on any atom is 0.335 e. The fraction of sp³-hybridized carbons (Fsp3) is 0.778. The summed E-state index contributed by atoms with van der Waals surface area (Å²) in [6.07, 6.45) is 7.75. The second-order valence-corrected chi connectivity index (χ2v) is 15.6. The highest BCUT2D eigenvalue weighted by Crippen LogP contribution is 2.63. The summed E-state index contributed by atoms with van der Waals surface area (Å²) >= 11 is 0. The summed E-state index contributed by atoms with van der Waals surface area (Å²) < 4.78 is 15.5. The highest BCUT2D eigenvalue weighted by Gasteiger charge is 2.61. The number of carboxylic acid groups (broad SMARTS) is 2. The van der Waals surface area contributed by atoms with Gasteiger partial charge >= 0.3 is 35.9 Å². The van der Waals surface area contributed by atoms with Crippen LogP contribution >= 0.6 is 0 Å². The van der Waals surface area contributed by atoms with E-state index in [1.165, 1.54) is 0 Å². The van der Waals surface area contributed by atoms with Crippen molar-refractivity contribution in [2.45, 2.75) is 105 Å². The third-order valence-electron chi connectivity index (χ3n) is 11.9. The molecule has 0 spiro atoms. The normalized spacial score (nSPS) is 29.2. The van der Waals surface area contributed by atoms with Crippen LogP contribution in [-0.4, -0.2) is 78.0 Å². The van der Waals surface area contributed by atoms with Gasteiger partial charge in [-0.3, -0.25) is 9.59 Å². The molecule has 4 saturated carbocycles. The summed E-state index contributed by atoms with van der Waals surface area (Å²) in [6, 6.07) is -0.518. The molecule has 5 aliphatic carbocycles. The van der Waals surface area contributed by atoms with E-state index in [1.807, 2.05) is 13.8 Å². The van der Waals surface area contributed by atoms with E-state index in [-0.39, 0.29) is 61.6 Å². The molecule has 274 valence electrons. The first-order chi connectivity index (χ1) is 23.0. The van der Waals surface area contributed by atoms with Crippen molar-refractivity contribution in [3.05, 3.63) is 11.1 Å². The molecule has 0 radical (unpaired) electrons. The summed E-state index contributed by atoms with van der Waals surface area (Å²) in [5, 5.41) is 24.3. The Balaban J connectivity index is 0.000000221. The molecule has 0 aromatic carbocycles. The maximum atomic E-state index is 12.4. The average molecular weight is 691 g/mol. The Morgan fingerprint density at radius 3 is 1.80 bits per heavy atom. The molecule has 0 aliphatic heterocycles. The number of aliphatic carboxylic acids is 2. The van der Waals surface area contributed by atoms with Gasteiger partial charge in [-0.05, 0) is 109 Å². The standard InChI is InChI=1S/C19H26O6.C17H28N2O5/c1-4-19(2,3)18(23)25-8-7-24-17(22)15-13-11-6-5-10(9-11)12(13)14(15)16(20)21;1-4-16(2,3)14(22)24-8-7-18-15(23)19-17(13(20)21)10-11-5-6-12(17)9-11/h10-13H,4-9H2,1-3H3,(H,20,21);11-12H,4-10H2,1-3H3,(H,20,21)(H2,18,19,23). The lowest BCUT2D eigenvalue weighted by molar-refractivity contribution is -0.158. The first kappa shape index (κ1) is 38.2. The molecule has 5 rings (SSSR count). The molecule has 7 atom stereocenters. The Labute approximate surface area is 288 Å². The molecular weight excluding hydrogens is 636 g/mol. The van der Waals surface area contributed by atoms with Crippen molar-refractivity contribution in [2.75, 3.05) is 26.4 Å². The molecule has 2 amide bonds. The third-order valence-corrected chi connectivity index (χ3v) is 11.9. The van der Waals surface area contributed by atoms with Crippen molar-refractivity contribution in [2.24, 2.45) is 46.3 Å². The lowest BCUT2D eigenvalue weighted by Crippen LogP contribution is -2.60. The van der Waals surface area contributed by atoms with Crippen molar-refractivity contribution < 1.29 is 53.2 Å². The van der Waals surface area contributed by atoms with Gasteiger partial charge < -0.3 is 35.1 Å². The van der Waals surface area contributed by atoms with E-state index in [1.54, 1.807) is 27.7 Å². The summed E-state index contributed by atoms with van der Waals surface area (Å²) in [5.41, 5.74) is -1.64. The van der Waals surface area contributed by atoms with Gasteiger partial charge in [-0.25, -0.2) is 19.2 Å². The second kappa shape index (κ2) is 15.1. The summed E-state index contributed by atoms with van der Waals surface area (Å²) in [4.78, 5) is 71.4. The first-order valence-electron chi connectivity index (χ1n) is 17.8. The Bertz CT molecular complexity index is 1350. The van der Waals surface area contributed by atoms with E-state index >= 15 is 0 Å². The second-order valence-electron chi connectivity index (χ2n) is 15.6. The highest BCUT2D eigenvalue weighted by molar-refractivity contribution is 6.04. The van der Waals surface area contributed by atoms with Gasteiger partial charge in [0.25, 0.3) is 0 Å². The first-order valence-corrected chi connectivity index (χ1v) is 17.8. The van der Waals surface area contributed by atoms with Gasteiger partial charge in [-0.15, -0.1) is 0 Å². The predicted octanol–water partition coefficient (Wildman–Crippen LogP) is 4.47. The smallest absolute Gasteiger partial charge is 0.335 e. The van der Waals surface area contributed by atoms with Crippen LogP contribution in [0.2, 0.25) is 0 Å². The van der Waals surface area contributed by atoms with Gasteiger partial charge in [0, 0.05) is 11.8 Å². The van der Waals surface area contributed by atoms with Gasteiger partial charge in [-0.2, -0.15) is 0 Å². The molecule has 4 fully saturated rings. The van der Waals surface area contributed by atoms with E-state index in [2.05, 4.69) is 10.6 Å². The maximum absolute atomic E-state index is 12.4. The minimum atomic E-state index is -1.14. The topological polar surface area (TPSA) is 195 Å².